The summed E-state index contributed by atoms with van der Waals surface area (Å²) in [4.78, 5) is 12.3. The molecule has 0 fully saturated rings. The van der Waals surface area contributed by atoms with Gasteiger partial charge in [-0.3, -0.25) is 4.79 Å². The molecule has 0 bridgehead atoms. The van der Waals surface area contributed by atoms with Crippen molar-refractivity contribution in [2.24, 2.45) is 5.10 Å². The predicted molar refractivity (Wildman–Crippen MR) is 115 cm³/mol. The first-order valence-electron chi connectivity index (χ1n) is 9.38. The minimum atomic E-state index is -0.454. The molecule has 0 unspecified atom stereocenters. The van der Waals surface area contributed by atoms with Crippen molar-refractivity contribution in [2.75, 3.05) is 0 Å². The number of rotatable bonds is 5. The van der Waals surface area contributed by atoms with Crippen LogP contribution < -0.4 is 5.43 Å². The van der Waals surface area contributed by atoms with E-state index in [9.17, 15) is 9.90 Å². The van der Waals surface area contributed by atoms with Crippen molar-refractivity contribution >= 4 is 23.0 Å². The Morgan fingerprint density at radius 3 is 2.48 bits per heavy atom. The number of hydrazone groups is 1. The fourth-order valence-corrected chi connectivity index (χ4v) is 3.47. The number of phenols is 1. The van der Waals surface area contributed by atoms with Crippen molar-refractivity contribution in [3.63, 3.8) is 0 Å². The molecule has 0 radical (unpaired) electrons. The van der Waals surface area contributed by atoms with E-state index in [1.807, 2.05) is 30.3 Å². The van der Waals surface area contributed by atoms with Gasteiger partial charge >= 0.3 is 0 Å². The van der Waals surface area contributed by atoms with Crippen molar-refractivity contribution in [3.8, 4) is 5.75 Å². The molecule has 2 N–H and O–H groups in total. The van der Waals surface area contributed by atoms with Gasteiger partial charge in [-0.15, -0.1) is 0 Å². The molecule has 0 atom stereocenters. The minimum absolute atomic E-state index is 0.0733. The summed E-state index contributed by atoms with van der Waals surface area (Å²) in [5.41, 5.74) is 7.04. The second-order valence-electron chi connectivity index (χ2n) is 6.80. The molecule has 4 rings (SSSR count). The van der Waals surface area contributed by atoms with Crippen LogP contribution in [0.15, 0.2) is 84.0 Å². The molecule has 0 aliphatic carbocycles. The summed E-state index contributed by atoms with van der Waals surface area (Å²) in [5.74, 6) is -0.527. The number of hydrogen-bond donors (Lipinski definition) is 2. The first-order valence-corrected chi connectivity index (χ1v) is 9.38. The van der Waals surface area contributed by atoms with Crippen LogP contribution in [0.4, 0.5) is 0 Å². The Bertz CT molecular complexity index is 1190. The summed E-state index contributed by atoms with van der Waals surface area (Å²) in [7, 11) is 0. The van der Waals surface area contributed by atoms with E-state index in [4.69, 9.17) is 0 Å². The fourth-order valence-electron chi connectivity index (χ4n) is 3.47. The molecule has 0 saturated carbocycles. The summed E-state index contributed by atoms with van der Waals surface area (Å²) >= 11 is 0. The standard InChI is InChI=1S/C24H21N3O2/c1-17-21(15-25-26-24(29)20-12-6-8-14-23(20)28)19-11-5-7-13-22(19)27(17)16-18-9-3-2-4-10-18/h2-15,28H,16H2,1H3,(H,26,29)/b25-15-. The van der Waals surface area contributed by atoms with E-state index in [0.29, 0.717) is 0 Å². The molecule has 3 aromatic carbocycles. The van der Waals surface area contributed by atoms with Crippen molar-refractivity contribution in [3.05, 3.63) is 101 Å². The largest absolute Gasteiger partial charge is 0.507 e. The summed E-state index contributed by atoms with van der Waals surface area (Å²) in [5, 5.41) is 15.0. The third-order valence-electron chi connectivity index (χ3n) is 4.97. The predicted octanol–water partition coefficient (Wildman–Crippen LogP) is 4.47. The number of phenolic OH excluding ortho intramolecular Hbond substituents is 1. The number of para-hydroxylation sites is 2. The van der Waals surface area contributed by atoms with Crippen molar-refractivity contribution < 1.29 is 9.90 Å². The number of carbonyl (C=O) groups excluding carboxylic acids is 1. The number of aromatic nitrogens is 1. The van der Waals surface area contributed by atoms with E-state index < -0.39 is 5.91 Å². The van der Waals surface area contributed by atoms with Gasteiger partial charge in [-0.25, -0.2) is 5.43 Å². The Morgan fingerprint density at radius 1 is 1.00 bits per heavy atom. The van der Waals surface area contributed by atoms with E-state index in [1.54, 1.807) is 24.4 Å². The molecule has 5 nitrogen and oxygen atoms in total. The van der Waals surface area contributed by atoms with E-state index in [1.165, 1.54) is 11.6 Å². The Kier molecular flexibility index (Phi) is 5.12. The van der Waals surface area contributed by atoms with Crippen LogP contribution in [0.2, 0.25) is 0 Å². The Morgan fingerprint density at radius 2 is 1.69 bits per heavy atom. The normalized spacial score (nSPS) is 11.2. The van der Waals surface area contributed by atoms with E-state index in [-0.39, 0.29) is 11.3 Å². The lowest BCUT2D eigenvalue weighted by atomic mass is 10.1. The summed E-state index contributed by atoms with van der Waals surface area (Å²) in [6, 6.07) is 24.8. The first kappa shape index (κ1) is 18.5. The molecule has 144 valence electrons. The van der Waals surface area contributed by atoms with Gasteiger partial charge in [-0.1, -0.05) is 60.7 Å². The average molecular weight is 383 g/mol. The van der Waals surface area contributed by atoms with Crippen LogP contribution in [-0.4, -0.2) is 21.8 Å². The zero-order valence-corrected chi connectivity index (χ0v) is 16.0. The number of aromatic hydroxyl groups is 1. The number of amides is 1. The van der Waals surface area contributed by atoms with Crippen LogP contribution in [-0.2, 0) is 6.54 Å². The molecule has 0 saturated heterocycles. The lowest BCUT2D eigenvalue weighted by Gasteiger charge is -2.08. The van der Waals surface area contributed by atoms with Crippen LogP contribution in [0.3, 0.4) is 0 Å². The molecule has 1 heterocycles. The highest BCUT2D eigenvalue weighted by Crippen LogP contribution is 2.25. The van der Waals surface area contributed by atoms with Crippen LogP contribution in [0.5, 0.6) is 5.75 Å². The lowest BCUT2D eigenvalue weighted by Crippen LogP contribution is -2.17. The fraction of sp³-hybridized carbons (Fsp3) is 0.0833. The van der Waals surface area contributed by atoms with E-state index >= 15 is 0 Å². The molecule has 0 aliphatic heterocycles. The number of hydrogen-bond acceptors (Lipinski definition) is 3. The van der Waals surface area contributed by atoms with Crippen molar-refractivity contribution in [2.45, 2.75) is 13.5 Å². The highest BCUT2D eigenvalue weighted by molar-refractivity contribution is 6.02. The monoisotopic (exact) mass is 383 g/mol. The van der Waals surface area contributed by atoms with Gasteiger partial charge in [0.1, 0.15) is 5.75 Å². The zero-order valence-electron chi connectivity index (χ0n) is 16.0. The number of nitrogens with zero attached hydrogens (tertiary/aromatic N) is 2. The molecule has 0 spiro atoms. The topological polar surface area (TPSA) is 66.6 Å². The second kappa shape index (κ2) is 8.02. The smallest absolute Gasteiger partial charge is 0.275 e. The summed E-state index contributed by atoms with van der Waals surface area (Å²) < 4.78 is 2.25. The second-order valence-corrected chi connectivity index (χ2v) is 6.80. The number of fused-ring (bicyclic) bond motifs is 1. The maximum Gasteiger partial charge on any atom is 0.275 e. The van der Waals surface area contributed by atoms with Gasteiger partial charge in [0.15, 0.2) is 0 Å². The third-order valence-corrected chi connectivity index (χ3v) is 4.97. The van der Waals surface area contributed by atoms with Crippen LogP contribution in [0, 0.1) is 6.92 Å². The highest BCUT2D eigenvalue weighted by Gasteiger charge is 2.13. The van der Waals surface area contributed by atoms with Gasteiger partial charge in [0.25, 0.3) is 5.91 Å². The molecular formula is C24H21N3O2. The van der Waals surface area contributed by atoms with E-state index in [2.05, 4.69) is 46.3 Å². The van der Waals surface area contributed by atoms with Crippen LogP contribution in [0.25, 0.3) is 10.9 Å². The van der Waals surface area contributed by atoms with Gasteiger partial charge in [0, 0.05) is 28.7 Å². The van der Waals surface area contributed by atoms with Gasteiger partial charge in [-0.05, 0) is 30.7 Å². The van der Waals surface area contributed by atoms with Crippen LogP contribution in [0.1, 0.15) is 27.2 Å². The van der Waals surface area contributed by atoms with Crippen molar-refractivity contribution in [1.29, 1.82) is 0 Å². The van der Waals surface area contributed by atoms with Gasteiger partial charge < -0.3 is 9.67 Å². The number of carbonyl (C=O) groups is 1. The third kappa shape index (κ3) is 3.75. The molecule has 29 heavy (non-hydrogen) atoms. The molecule has 5 heteroatoms. The van der Waals surface area contributed by atoms with Crippen molar-refractivity contribution in [1.82, 2.24) is 9.99 Å². The maximum absolute atomic E-state index is 12.3. The summed E-state index contributed by atoms with van der Waals surface area (Å²) in [6.45, 7) is 2.81. The Labute approximate surface area is 168 Å². The maximum atomic E-state index is 12.3. The average Bonchev–Trinajstić information content (AvgIpc) is 3.01. The lowest BCUT2D eigenvalue weighted by molar-refractivity contribution is 0.0952. The van der Waals surface area contributed by atoms with E-state index in [0.717, 1.165) is 28.7 Å². The minimum Gasteiger partial charge on any atom is -0.507 e. The molecule has 0 aliphatic rings. The van der Waals surface area contributed by atoms with Gasteiger partial charge in [0.2, 0.25) is 0 Å². The SMILES string of the molecule is Cc1c(/C=N\NC(=O)c2ccccc2O)c2ccccc2n1Cc1ccccc1. The molecule has 1 amide bonds. The number of benzene rings is 3. The zero-order chi connectivity index (χ0) is 20.2. The number of nitrogens with one attached hydrogen (secondary N) is 1. The molecular weight excluding hydrogens is 362 g/mol. The van der Waals surface area contributed by atoms with Gasteiger partial charge in [-0.2, -0.15) is 5.10 Å². The first-order chi connectivity index (χ1) is 14.1. The Balaban J connectivity index is 1.64. The van der Waals surface area contributed by atoms with Crippen LogP contribution >= 0.6 is 0 Å². The molecule has 4 aromatic rings. The highest BCUT2D eigenvalue weighted by atomic mass is 16.3. The Hall–Kier alpha value is -3.86. The summed E-state index contributed by atoms with van der Waals surface area (Å²) in [6.07, 6.45) is 1.66. The quantitative estimate of drug-likeness (QED) is 0.394. The van der Waals surface area contributed by atoms with Gasteiger partial charge in [0.05, 0.1) is 11.8 Å². The molecule has 1 aromatic heterocycles.